The summed E-state index contributed by atoms with van der Waals surface area (Å²) < 4.78 is 16.5. The van der Waals surface area contributed by atoms with Gasteiger partial charge in [-0.2, -0.15) is 0 Å². The number of carbonyl (C=O) groups is 1. The predicted molar refractivity (Wildman–Crippen MR) is 99.2 cm³/mol. The van der Waals surface area contributed by atoms with Crippen molar-refractivity contribution in [2.75, 3.05) is 26.4 Å². The Morgan fingerprint density at radius 3 is 2.21 bits per heavy atom. The molecule has 0 aliphatic rings. The molecule has 0 aliphatic carbocycles. The molecular weight excluding hydrogens is 304 g/mol. The van der Waals surface area contributed by atoms with Gasteiger partial charge >= 0.3 is 5.97 Å². The van der Waals surface area contributed by atoms with Gasteiger partial charge in [0, 0.05) is 5.57 Å². The summed E-state index contributed by atoms with van der Waals surface area (Å²) in [4.78, 5) is 11.2. The standard InChI is InChI=1S/C20H38O4/c1-7-8-9-10-11-12-18(20(4,5)6)23-15-13-22-14-16-24-19(21)17(2)3/h18H,2,7-16H2,1,3-6H3. The van der Waals surface area contributed by atoms with E-state index in [1.54, 1.807) is 6.92 Å². The largest absolute Gasteiger partial charge is 0.460 e. The number of esters is 1. The van der Waals surface area contributed by atoms with E-state index in [-0.39, 0.29) is 24.1 Å². The second-order valence-electron chi connectivity index (χ2n) is 7.46. The van der Waals surface area contributed by atoms with E-state index in [9.17, 15) is 4.79 Å². The Bertz CT molecular complexity index is 344. The monoisotopic (exact) mass is 342 g/mol. The van der Waals surface area contributed by atoms with Crippen molar-refractivity contribution < 1.29 is 19.0 Å². The zero-order valence-corrected chi connectivity index (χ0v) is 16.5. The molecule has 0 rings (SSSR count). The van der Waals surface area contributed by atoms with Crippen molar-refractivity contribution in [2.24, 2.45) is 5.41 Å². The van der Waals surface area contributed by atoms with Crippen LogP contribution in [0.3, 0.4) is 0 Å². The Labute approximate surface area is 148 Å². The highest BCUT2D eigenvalue weighted by atomic mass is 16.6. The second-order valence-corrected chi connectivity index (χ2v) is 7.46. The van der Waals surface area contributed by atoms with Crippen LogP contribution >= 0.6 is 0 Å². The SMILES string of the molecule is C=C(C)C(=O)OCCOCCOC(CCCCCCC)C(C)(C)C. The van der Waals surface area contributed by atoms with E-state index >= 15 is 0 Å². The molecule has 24 heavy (non-hydrogen) atoms. The molecule has 0 saturated carbocycles. The lowest BCUT2D eigenvalue weighted by atomic mass is 9.86. The first kappa shape index (κ1) is 23.1. The van der Waals surface area contributed by atoms with Crippen LogP contribution in [-0.4, -0.2) is 38.5 Å². The molecule has 0 aromatic heterocycles. The molecule has 1 atom stereocenters. The minimum Gasteiger partial charge on any atom is -0.460 e. The number of hydrogen-bond acceptors (Lipinski definition) is 4. The van der Waals surface area contributed by atoms with Gasteiger partial charge in [-0.15, -0.1) is 0 Å². The topological polar surface area (TPSA) is 44.8 Å². The number of hydrogen-bond donors (Lipinski definition) is 0. The van der Waals surface area contributed by atoms with E-state index in [1.807, 2.05) is 0 Å². The lowest BCUT2D eigenvalue weighted by Crippen LogP contribution is -2.30. The van der Waals surface area contributed by atoms with Gasteiger partial charge in [-0.25, -0.2) is 4.79 Å². The summed E-state index contributed by atoms with van der Waals surface area (Å²) in [6, 6.07) is 0. The van der Waals surface area contributed by atoms with Crippen LogP contribution in [0, 0.1) is 5.41 Å². The van der Waals surface area contributed by atoms with E-state index in [0.717, 1.165) is 6.42 Å². The predicted octanol–water partition coefficient (Wildman–Crippen LogP) is 4.91. The lowest BCUT2D eigenvalue weighted by molar-refractivity contribution is -0.140. The van der Waals surface area contributed by atoms with Crippen LogP contribution in [0.4, 0.5) is 0 Å². The van der Waals surface area contributed by atoms with Crippen LogP contribution in [0.1, 0.15) is 73.1 Å². The van der Waals surface area contributed by atoms with Gasteiger partial charge in [0.1, 0.15) is 6.61 Å². The Balaban J connectivity index is 3.79. The van der Waals surface area contributed by atoms with Gasteiger partial charge < -0.3 is 14.2 Å². The minimum absolute atomic E-state index is 0.141. The molecule has 0 fully saturated rings. The van der Waals surface area contributed by atoms with Gasteiger partial charge in [0.15, 0.2) is 0 Å². The van der Waals surface area contributed by atoms with Crippen LogP contribution < -0.4 is 0 Å². The van der Waals surface area contributed by atoms with Crippen molar-refractivity contribution >= 4 is 5.97 Å². The molecule has 0 radical (unpaired) electrons. The highest BCUT2D eigenvalue weighted by molar-refractivity contribution is 5.86. The molecule has 0 spiro atoms. The van der Waals surface area contributed by atoms with Gasteiger partial charge in [-0.1, -0.05) is 66.4 Å². The fourth-order valence-corrected chi connectivity index (χ4v) is 2.37. The molecule has 0 N–H and O–H groups in total. The van der Waals surface area contributed by atoms with E-state index in [2.05, 4.69) is 34.3 Å². The maximum atomic E-state index is 11.2. The van der Waals surface area contributed by atoms with Crippen LogP contribution in [0.25, 0.3) is 0 Å². The van der Waals surface area contributed by atoms with Crippen molar-refractivity contribution in [1.29, 1.82) is 0 Å². The Morgan fingerprint density at radius 1 is 1.00 bits per heavy atom. The zero-order chi connectivity index (χ0) is 18.4. The van der Waals surface area contributed by atoms with Gasteiger partial charge in [0.25, 0.3) is 0 Å². The molecule has 0 amide bonds. The molecule has 0 aliphatic heterocycles. The van der Waals surface area contributed by atoms with E-state index < -0.39 is 0 Å². The van der Waals surface area contributed by atoms with E-state index in [1.165, 1.54) is 32.1 Å². The van der Waals surface area contributed by atoms with Crippen molar-refractivity contribution in [3.63, 3.8) is 0 Å². The molecule has 4 heteroatoms. The van der Waals surface area contributed by atoms with Crippen molar-refractivity contribution in [2.45, 2.75) is 79.2 Å². The first-order chi connectivity index (χ1) is 11.3. The summed E-state index contributed by atoms with van der Waals surface area (Å²) in [5, 5.41) is 0. The Morgan fingerprint density at radius 2 is 1.62 bits per heavy atom. The maximum Gasteiger partial charge on any atom is 0.333 e. The van der Waals surface area contributed by atoms with Crippen molar-refractivity contribution in [1.82, 2.24) is 0 Å². The molecule has 4 nitrogen and oxygen atoms in total. The van der Waals surface area contributed by atoms with Crippen LogP contribution in [-0.2, 0) is 19.0 Å². The minimum atomic E-state index is -0.370. The quantitative estimate of drug-likeness (QED) is 0.255. The fraction of sp³-hybridized carbons (Fsp3) is 0.850. The molecule has 142 valence electrons. The summed E-state index contributed by atoms with van der Waals surface area (Å²) in [7, 11) is 0. The van der Waals surface area contributed by atoms with Crippen LogP contribution in [0.15, 0.2) is 12.2 Å². The van der Waals surface area contributed by atoms with Crippen molar-refractivity contribution in [3.8, 4) is 0 Å². The first-order valence-corrected chi connectivity index (χ1v) is 9.31. The third-order valence-electron chi connectivity index (χ3n) is 3.89. The molecule has 0 aromatic carbocycles. The highest BCUT2D eigenvalue weighted by Crippen LogP contribution is 2.26. The second kappa shape index (κ2) is 13.4. The van der Waals surface area contributed by atoms with E-state index in [4.69, 9.17) is 14.2 Å². The summed E-state index contributed by atoms with van der Waals surface area (Å²) in [6.07, 6.45) is 7.78. The smallest absolute Gasteiger partial charge is 0.333 e. The average molecular weight is 343 g/mol. The molecule has 0 saturated heterocycles. The molecule has 0 bridgehead atoms. The summed E-state index contributed by atoms with van der Waals surface area (Å²) >= 11 is 0. The normalized spacial score (nSPS) is 12.9. The number of rotatable bonds is 14. The lowest BCUT2D eigenvalue weighted by Gasteiger charge is -2.31. The molecular formula is C20H38O4. The average Bonchev–Trinajstić information content (AvgIpc) is 2.50. The highest BCUT2D eigenvalue weighted by Gasteiger charge is 2.24. The summed E-state index contributed by atoms with van der Waals surface area (Å²) in [6.45, 7) is 15.8. The number of ether oxygens (including phenoxy) is 3. The van der Waals surface area contributed by atoms with Gasteiger partial charge in [-0.3, -0.25) is 0 Å². The van der Waals surface area contributed by atoms with Gasteiger partial charge in [0.2, 0.25) is 0 Å². The number of unbranched alkanes of at least 4 members (excludes halogenated alkanes) is 4. The fourth-order valence-electron chi connectivity index (χ4n) is 2.37. The van der Waals surface area contributed by atoms with Crippen molar-refractivity contribution in [3.05, 3.63) is 12.2 Å². The van der Waals surface area contributed by atoms with Crippen LogP contribution in [0.2, 0.25) is 0 Å². The zero-order valence-electron chi connectivity index (χ0n) is 16.5. The summed E-state index contributed by atoms with van der Waals surface area (Å²) in [5.41, 5.74) is 0.548. The molecule has 0 aromatic rings. The molecule has 1 unspecified atom stereocenters. The third-order valence-corrected chi connectivity index (χ3v) is 3.89. The maximum absolute atomic E-state index is 11.2. The third kappa shape index (κ3) is 12.5. The molecule has 0 heterocycles. The van der Waals surface area contributed by atoms with E-state index in [0.29, 0.717) is 25.4 Å². The van der Waals surface area contributed by atoms with Gasteiger partial charge in [-0.05, 0) is 18.8 Å². The Hall–Kier alpha value is -0.870. The Kier molecular flexibility index (Phi) is 12.9. The van der Waals surface area contributed by atoms with Crippen LogP contribution in [0.5, 0.6) is 0 Å². The first-order valence-electron chi connectivity index (χ1n) is 9.31. The summed E-state index contributed by atoms with van der Waals surface area (Å²) in [5.74, 6) is -0.370. The number of carbonyl (C=O) groups excluding carboxylic acids is 1. The van der Waals surface area contributed by atoms with Gasteiger partial charge in [0.05, 0.1) is 25.9 Å².